The van der Waals surface area contributed by atoms with Crippen molar-refractivity contribution in [2.24, 2.45) is 5.92 Å². The largest absolute Gasteiger partial charge is 0.310 e. The van der Waals surface area contributed by atoms with Gasteiger partial charge in [0.25, 0.3) is 0 Å². The summed E-state index contributed by atoms with van der Waals surface area (Å²) in [5, 5.41) is 3.73. The highest BCUT2D eigenvalue weighted by Crippen LogP contribution is 2.12. The van der Waals surface area contributed by atoms with Gasteiger partial charge in [-0.15, -0.1) is 0 Å². The number of hydrogen-bond donors (Lipinski definition) is 1. The first-order chi connectivity index (χ1) is 6.61. The second kappa shape index (κ2) is 5.72. The van der Waals surface area contributed by atoms with E-state index in [-0.39, 0.29) is 0 Å². The zero-order chi connectivity index (χ0) is 10.6. The van der Waals surface area contributed by atoms with Gasteiger partial charge in [0.2, 0.25) is 0 Å². The molecule has 2 heteroatoms. The molecular formula is C12H26N2. The van der Waals surface area contributed by atoms with Gasteiger partial charge in [0.05, 0.1) is 0 Å². The van der Waals surface area contributed by atoms with E-state index in [0.29, 0.717) is 6.04 Å². The summed E-state index contributed by atoms with van der Waals surface area (Å²) < 4.78 is 0. The monoisotopic (exact) mass is 198 g/mol. The van der Waals surface area contributed by atoms with Crippen LogP contribution in [0.1, 0.15) is 40.0 Å². The lowest BCUT2D eigenvalue weighted by Gasteiger charge is -2.21. The van der Waals surface area contributed by atoms with Crippen LogP contribution >= 0.6 is 0 Å². The van der Waals surface area contributed by atoms with Crippen molar-refractivity contribution in [2.45, 2.75) is 52.1 Å². The van der Waals surface area contributed by atoms with E-state index in [1.54, 1.807) is 0 Å². The molecule has 1 saturated heterocycles. The summed E-state index contributed by atoms with van der Waals surface area (Å²) >= 11 is 0. The molecule has 0 saturated carbocycles. The summed E-state index contributed by atoms with van der Waals surface area (Å²) in [7, 11) is 2.21. The van der Waals surface area contributed by atoms with Gasteiger partial charge in [0.1, 0.15) is 0 Å². The molecule has 0 radical (unpaired) electrons. The van der Waals surface area contributed by atoms with Gasteiger partial charge in [-0.05, 0) is 39.3 Å². The fraction of sp³-hybridized carbons (Fsp3) is 1.00. The first kappa shape index (κ1) is 12.0. The Morgan fingerprint density at radius 2 is 2.14 bits per heavy atom. The highest BCUT2D eigenvalue weighted by molar-refractivity contribution is 4.81. The minimum Gasteiger partial charge on any atom is -0.310 e. The van der Waals surface area contributed by atoms with Gasteiger partial charge in [0.15, 0.2) is 0 Å². The highest BCUT2D eigenvalue weighted by Gasteiger charge is 2.20. The molecule has 0 amide bonds. The van der Waals surface area contributed by atoms with Crippen molar-refractivity contribution in [1.29, 1.82) is 0 Å². The number of hydrogen-bond acceptors (Lipinski definition) is 2. The third-order valence-corrected chi connectivity index (χ3v) is 3.36. The van der Waals surface area contributed by atoms with Crippen LogP contribution in [0.25, 0.3) is 0 Å². The van der Waals surface area contributed by atoms with E-state index >= 15 is 0 Å². The molecule has 1 aliphatic rings. The van der Waals surface area contributed by atoms with E-state index in [1.165, 1.54) is 32.4 Å². The van der Waals surface area contributed by atoms with Crippen LogP contribution in [-0.2, 0) is 0 Å². The standard InChI is InChI=1S/C12H26N2/c1-5-10(2)8-11(3)13-12-6-7-14(4)9-12/h10-13H,5-9H2,1-4H3. The summed E-state index contributed by atoms with van der Waals surface area (Å²) in [6, 6.07) is 1.42. The van der Waals surface area contributed by atoms with Crippen molar-refractivity contribution >= 4 is 0 Å². The van der Waals surface area contributed by atoms with Crippen LogP contribution in [0, 0.1) is 5.92 Å². The minimum absolute atomic E-state index is 0.682. The van der Waals surface area contributed by atoms with E-state index in [1.807, 2.05) is 0 Å². The number of likely N-dealkylation sites (tertiary alicyclic amines) is 1. The van der Waals surface area contributed by atoms with Crippen molar-refractivity contribution in [3.8, 4) is 0 Å². The lowest BCUT2D eigenvalue weighted by Crippen LogP contribution is -2.38. The van der Waals surface area contributed by atoms with Crippen LogP contribution in [0.5, 0.6) is 0 Å². The van der Waals surface area contributed by atoms with Crippen molar-refractivity contribution in [2.75, 3.05) is 20.1 Å². The molecule has 0 aliphatic carbocycles. The molecule has 1 fully saturated rings. The Morgan fingerprint density at radius 1 is 1.43 bits per heavy atom. The Kier molecular flexibility index (Phi) is 4.90. The Balaban J connectivity index is 2.16. The van der Waals surface area contributed by atoms with Crippen LogP contribution in [0.4, 0.5) is 0 Å². The number of rotatable bonds is 5. The maximum Gasteiger partial charge on any atom is 0.0209 e. The van der Waals surface area contributed by atoms with Gasteiger partial charge < -0.3 is 10.2 Å². The average molecular weight is 198 g/mol. The fourth-order valence-corrected chi connectivity index (χ4v) is 2.31. The molecule has 1 aliphatic heterocycles. The Bertz CT molecular complexity index is 158. The van der Waals surface area contributed by atoms with E-state index in [2.05, 4.69) is 38.0 Å². The lowest BCUT2D eigenvalue weighted by molar-refractivity contribution is 0.356. The maximum atomic E-state index is 3.73. The Labute approximate surface area is 89.1 Å². The van der Waals surface area contributed by atoms with Gasteiger partial charge in [-0.2, -0.15) is 0 Å². The molecule has 3 unspecified atom stereocenters. The van der Waals surface area contributed by atoms with Crippen LogP contribution in [-0.4, -0.2) is 37.1 Å². The molecule has 2 nitrogen and oxygen atoms in total. The molecule has 0 aromatic heterocycles. The Hall–Kier alpha value is -0.0800. The maximum absolute atomic E-state index is 3.73. The van der Waals surface area contributed by atoms with E-state index in [9.17, 15) is 0 Å². The zero-order valence-electron chi connectivity index (χ0n) is 10.2. The number of likely N-dealkylation sites (N-methyl/N-ethyl adjacent to an activating group) is 1. The van der Waals surface area contributed by atoms with Gasteiger partial charge in [-0.3, -0.25) is 0 Å². The van der Waals surface area contributed by atoms with Gasteiger partial charge in [0, 0.05) is 18.6 Å². The first-order valence-electron chi connectivity index (χ1n) is 6.06. The third kappa shape index (κ3) is 3.97. The molecule has 0 aromatic rings. The summed E-state index contributed by atoms with van der Waals surface area (Å²) in [6.07, 6.45) is 3.94. The molecule has 0 spiro atoms. The lowest BCUT2D eigenvalue weighted by atomic mass is 10.00. The van der Waals surface area contributed by atoms with Gasteiger partial charge in [-0.25, -0.2) is 0 Å². The van der Waals surface area contributed by atoms with E-state index in [4.69, 9.17) is 0 Å². The Morgan fingerprint density at radius 3 is 2.64 bits per heavy atom. The highest BCUT2D eigenvalue weighted by atomic mass is 15.2. The molecule has 1 rings (SSSR count). The van der Waals surface area contributed by atoms with Crippen LogP contribution in [0.2, 0.25) is 0 Å². The quantitative estimate of drug-likeness (QED) is 0.728. The molecule has 0 aromatic carbocycles. The average Bonchev–Trinajstić information content (AvgIpc) is 2.50. The fourth-order valence-electron chi connectivity index (χ4n) is 2.31. The predicted octanol–water partition coefficient (Wildman–Crippen LogP) is 2.10. The summed E-state index contributed by atoms with van der Waals surface area (Å²) in [5.74, 6) is 0.858. The summed E-state index contributed by atoms with van der Waals surface area (Å²) in [5.41, 5.74) is 0. The second-order valence-electron chi connectivity index (χ2n) is 5.06. The third-order valence-electron chi connectivity index (χ3n) is 3.36. The van der Waals surface area contributed by atoms with Crippen molar-refractivity contribution in [1.82, 2.24) is 10.2 Å². The smallest absolute Gasteiger partial charge is 0.0209 e. The molecule has 1 heterocycles. The van der Waals surface area contributed by atoms with E-state index in [0.717, 1.165) is 12.0 Å². The molecule has 14 heavy (non-hydrogen) atoms. The summed E-state index contributed by atoms with van der Waals surface area (Å²) in [4.78, 5) is 2.41. The number of nitrogens with one attached hydrogen (secondary N) is 1. The predicted molar refractivity (Wildman–Crippen MR) is 62.6 cm³/mol. The van der Waals surface area contributed by atoms with Gasteiger partial charge >= 0.3 is 0 Å². The van der Waals surface area contributed by atoms with Crippen molar-refractivity contribution in [3.63, 3.8) is 0 Å². The minimum atomic E-state index is 0.682. The summed E-state index contributed by atoms with van der Waals surface area (Å²) in [6.45, 7) is 9.43. The van der Waals surface area contributed by atoms with E-state index < -0.39 is 0 Å². The van der Waals surface area contributed by atoms with Gasteiger partial charge in [-0.1, -0.05) is 20.3 Å². The zero-order valence-corrected chi connectivity index (χ0v) is 10.2. The molecule has 3 atom stereocenters. The molecule has 0 bridgehead atoms. The molecular weight excluding hydrogens is 172 g/mol. The second-order valence-corrected chi connectivity index (χ2v) is 5.06. The molecule has 84 valence electrons. The normalized spacial score (nSPS) is 27.9. The van der Waals surface area contributed by atoms with Crippen LogP contribution < -0.4 is 5.32 Å². The van der Waals surface area contributed by atoms with Crippen molar-refractivity contribution in [3.05, 3.63) is 0 Å². The SMILES string of the molecule is CCC(C)CC(C)NC1CCN(C)C1. The van der Waals surface area contributed by atoms with Crippen LogP contribution in [0.3, 0.4) is 0 Å². The molecule has 1 N–H and O–H groups in total. The topological polar surface area (TPSA) is 15.3 Å². The number of nitrogens with zero attached hydrogens (tertiary/aromatic N) is 1. The van der Waals surface area contributed by atoms with Crippen molar-refractivity contribution < 1.29 is 0 Å². The first-order valence-corrected chi connectivity index (χ1v) is 6.06. The van der Waals surface area contributed by atoms with Crippen LogP contribution in [0.15, 0.2) is 0 Å².